The van der Waals surface area contributed by atoms with Crippen LogP contribution in [-0.4, -0.2) is 5.78 Å². The van der Waals surface area contributed by atoms with Crippen LogP contribution in [0.4, 0.5) is 0 Å². The van der Waals surface area contributed by atoms with Crippen molar-refractivity contribution in [3.63, 3.8) is 0 Å². The summed E-state index contributed by atoms with van der Waals surface area (Å²) in [5, 5.41) is 0. The molecule has 0 spiro atoms. The molecule has 0 N–H and O–H groups in total. The van der Waals surface area contributed by atoms with Gasteiger partial charge in [0.25, 0.3) is 0 Å². The third-order valence-corrected chi connectivity index (χ3v) is 6.20. The molecule has 3 aliphatic rings. The van der Waals surface area contributed by atoms with E-state index in [4.69, 9.17) is 0 Å². The Morgan fingerprint density at radius 3 is 2.25 bits per heavy atom. The van der Waals surface area contributed by atoms with Gasteiger partial charge >= 0.3 is 0 Å². The highest BCUT2D eigenvalue weighted by molar-refractivity contribution is 6.01. The van der Waals surface area contributed by atoms with Crippen molar-refractivity contribution >= 4 is 5.78 Å². The van der Waals surface area contributed by atoms with Crippen molar-refractivity contribution < 1.29 is 4.79 Å². The summed E-state index contributed by atoms with van der Waals surface area (Å²) in [6, 6.07) is 0. The van der Waals surface area contributed by atoms with Gasteiger partial charge in [-0.1, -0.05) is 19.4 Å². The lowest BCUT2D eigenvalue weighted by Crippen LogP contribution is -2.48. The van der Waals surface area contributed by atoms with Crippen LogP contribution in [0.5, 0.6) is 0 Å². The van der Waals surface area contributed by atoms with E-state index in [9.17, 15) is 4.79 Å². The van der Waals surface area contributed by atoms with E-state index >= 15 is 0 Å². The lowest BCUT2D eigenvalue weighted by atomic mass is 9.53. The van der Waals surface area contributed by atoms with Gasteiger partial charge in [0, 0.05) is 5.41 Å². The first-order valence-electron chi connectivity index (χ1n) is 6.64. The highest BCUT2D eigenvalue weighted by atomic mass is 16.1. The summed E-state index contributed by atoms with van der Waals surface area (Å²) in [7, 11) is 0. The van der Waals surface area contributed by atoms with Crippen molar-refractivity contribution in [1.82, 2.24) is 0 Å². The number of carbonyl (C=O) groups excluding carboxylic acids is 1. The SMILES string of the molecule is CC1=C(C)C2C3CCC2(CC3)C(C)(C)C1=O. The van der Waals surface area contributed by atoms with Crippen LogP contribution in [0.2, 0.25) is 0 Å². The average Bonchev–Trinajstić information content (AvgIpc) is 2.81. The summed E-state index contributed by atoms with van der Waals surface area (Å²) in [4.78, 5) is 12.5. The highest BCUT2D eigenvalue weighted by Gasteiger charge is 2.65. The zero-order chi connectivity index (χ0) is 11.7. The van der Waals surface area contributed by atoms with Crippen LogP contribution in [0.3, 0.4) is 0 Å². The van der Waals surface area contributed by atoms with E-state index in [2.05, 4.69) is 20.8 Å². The topological polar surface area (TPSA) is 17.1 Å². The maximum absolute atomic E-state index is 12.5. The van der Waals surface area contributed by atoms with Gasteiger partial charge in [-0.2, -0.15) is 0 Å². The van der Waals surface area contributed by atoms with E-state index in [0.29, 0.717) is 11.2 Å². The standard InChI is InChI=1S/C15H22O/c1-9-10(2)13(16)14(3,4)15-7-5-11(6-8-15)12(9)15/h11-12H,5-8H2,1-4H3. The van der Waals surface area contributed by atoms with Crippen molar-refractivity contribution in [3.8, 4) is 0 Å². The van der Waals surface area contributed by atoms with Gasteiger partial charge in [0.15, 0.2) is 5.78 Å². The van der Waals surface area contributed by atoms with Crippen molar-refractivity contribution in [2.24, 2.45) is 22.7 Å². The molecule has 3 rings (SSSR count). The Morgan fingerprint density at radius 1 is 1.12 bits per heavy atom. The molecular weight excluding hydrogens is 196 g/mol. The zero-order valence-electron chi connectivity index (χ0n) is 10.9. The summed E-state index contributed by atoms with van der Waals surface area (Å²) >= 11 is 0. The van der Waals surface area contributed by atoms with Crippen molar-refractivity contribution in [2.75, 3.05) is 0 Å². The summed E-state index contributed by atoms with van der Waals surface area (Å²) < 4.78 is 0. The van der Waals surface area contributed by atoms with Crippen LogP contribution in [0.25, 0.3) is 0 Å². The molecule has 2 bridgehead atoms. The smallest absolute Gasteiger partial charge is 0.164 e. The van der Waals surface area contributed by atoms with Crippen LogP contribution in [0.1, 0.15) is 53.4 Å². The number of hydrogen-bond donors (Lipinski definition) is 0. The van der Waals surface area contributed by atoms with Gasteiger partial charge < -0.3 is 0 Å². The second-order valence-electron chi connectivity index (χ2n) is 6.73. The van der Waals surface area contributed by atoms with E-state index in [1.165, 1.54) is 31.3 Å². The van der Waals surface area contributed by atoms with Gasteiger partial charge in [-0.25, -0.2) is 0 Å². The third kappa shape index (κ3) is 0.881. The highest BCUT2D eigenvalue weighted by Crippen LogP contribution is 2.70. The van der Waals surface area contributed by atoms with E-state index in [1.54, 1.807) is 0 Å². The predicted octanol–water partition coefficient (Wildman–Crippen LogP) is 3.74. The monoisotopic (exact) mass is 218 g/mol. The Morgan fingerprint density at radius 2 is 1.69 bits per heavy atom. The lowest BCUT2D eigenvalue weighted by molar-refractivity contribution is -0.133. The summed E-state index contributed by atoms with van der Waals surface area (Å²) in [6.45, 7) is 8.66. The van der Waals surface area contributed by atoms with E-state index < -0.39 is 0 Å². The molecule has 0 aliphatic heterocycles. The van der Waals surface area contributed by atoms with E-state index in [-0.39, 0.29) is 5.41 Å². The summed E-state index contributed by atoms with van der Waals surface area (Å²) in [6.07, 6.45) is 5.27. The van der Waals surface area contributed by atoms with E-state index in [0.717, 1.165) is 17.4 Å². The molecule has 1 atom stereocenters. The predicted molar refractivity (Wildman–Crippen MR) is 65.0 cm³/mol. The number of carbonyl (C=O) groups is 1. The van der Waals surface area contributed by atoms with Crippen molar-refractivity contribution in [2.45, 2.75) is 53.4 Å². The van der Waals surface area contributed by atoms with Gasteiger partial charge in [-0.15, -0.1) is 0 Å². The molecule has 0 heterocycles. The Balaban J connectivity index is 2.24. The number of rotatable bonds is 0. The maximum atomic E-state index is 12.5. The summed E-state index contributed by atoms with van der Waals surface area (Å²) in [5.74, 6) is 2.02. The Hall–Kier alpha value is -0.590. The molecule has 2 saturated carbocycles. The lowest BCUT2D eigenvalue weighted by Gasteiger charge is -2.49. The first-order chi connectivity index (χ1) is 7.42. The quantitative estimate of drug-likeness (QED) is 0.605. The van der Waals surface area contributed by atoms with Gasteiger partial charge in [0.1, 0.15) is 0 Å². The average molecular weight is 218 g/mol. The summed E-state index contributed by atoms with van der Waals surface area (Å²) in [5.41, 5.74) is 2.69. The van der Waals surface area contributed by atoms with Crippen molar-refractivity contribution in [1.29, 1.82) is 0 Å². The molecule has 1 unspecified atom stereocenters. The Kier molecular flexibility index (Phi) is 1.85. The first kappa shape index (κ1) is 10.6. The molecule has 0 aromatic carbocycles. The minimum absolute atomic E-state index is 0.119. The maximum Gasteiger partial charge on any atom is 0.164 e. The van der Waals surface area contributed by atoms with Gasteiger partial charge in [0.05, 0.1) is 0 Å². The molecule has 0 saturated heterocycles. The molecule has 3 aliphatic carbocycles. The van der Waals surface area contributed by atoms with Crippen LogP contribution in [0.15, 0.2) is 11.1 Å². The van der Waals surface area contributed by atoms with Crippen molar-refractivity contribution in [3.05, 3.63) is 11.1 Å². The number of allylic oxidation sites excluding steroid dienone is 2. The molecule has 2 fully saturated rings. The number of ketones is 1. The number of Topliss-reactive ketones (excluding diaryl/α,β-unsaturated/α-hetero) is 1. The molecular formula is C15H22O. The fraction of sp³-hybridized carbons (Fsp3) is 0.800. The second kappa shape index (κ2) is 2.80. The largest absolute Gasteiger partial charge is 0.294 e. The Labute approximate surface area is 98.3 Å². The molecule has 88 valence electrons. The number of hydrogen-bond acceptors (Lipinski definition) is 1. The van der Waals surface area contributed by atoms with Crippen LogP contribution < -0.4 is 0 Å². The molecule has 0 aromatic heterocycles. The normalized spacial score (nSPS) is 45.1. The van der Waals surface area contributed by atoms with Crippen LogP contribution in [0, 0.1) is 22.7 Å². The molecule has 1 nitrogen and oxygen atoms in total. The molecule has 0 radical (unpaired) electrons. The molecule has 16 heavy (non-hydrogen) atoms. The molecule has 0 amide bonds. The second-order valence-corrected chi connectivity index (χ2v) is 6.73. The first-order valence-corrected chi connectivity index (χ1v) is 6.64. The Bertz CT molecular complexity index is 392. The fourth-order valence-electron chi connectivity index (χ4n) is 5.14. The third-order valence-electron chi connectivity index (χ3n) is 6.20. The zero-order valence-corrected chi connectivity index (χ0v) is 10.9. The van der Waals surface area contributed by atoms with Gasteiger partial charge in [0.2, 0.25) is 0 Å². The molecule has 1 heteroatoms. The van der Waals surface area contributed by atoms with E-state index in [1.807, 2.05) is 6.92 Å². The van der Waals surface area contributed by atoms with Gasteiger partial charge in [-0.3, -0.25) is 4.79 Å². The van der Waals surface area contributed by atoms with Crippen LogP contribution >= 0.6 is 0 Å². The minimum atomic E-state index is -0.119. The van der Waals surface area contributed by atoms with Gasteiger partial charge in [-0.05, 0) is 62.4 Å². The van der Waals surface area contributed by atoms with Crippen LogP contribution in [-0.2, 0) is 4.79 Å². The minimum Gasteiger partial charge on any atom is -0.294 e. The fourth-order valence-corrected chi connectivity index (χ4v) is 5.14. The molecule has 0 aromatic rings.